The Hall–Kier alpha value is -1.29. The number of carbonyl (C=O) groups excluding carboxylic acids is 1. The highest BCUT2D eigenvalue weighted by Crippen LogP contribution is 2.13. The molecule has 0 spiro atoms. The number of hydrogen-bond donors (Lipinski definition) is 0. The molecule has 4 nitrogen and oxygen atoms in total. The zero-order chi connectivity index (χ0) is 12.8. The molecule has 0 fully saturated rings. The molecule has 4 heteroatoms. The SMILES string of the molecule is CCOC(=O)c1c(C)ccn1CC(C)OCC. The third kappa shape index (κ3) is 3.60. The van der Waals surface area contributed by atoms with Crippen LogP contribution in [0.25, 0.3) is 0 Å². The maximum absolute atomic E-state index is 11.8. The van der Waals surface area contributed by atoms with Gasteiger partial charge in [0.25, 0.3) is 0 Å². The second-order valence-electron chi connectivity index (χ2n) is 3.99. The Morgan fingerprint density at radius 3 is 2.71 bits per heavy atom. The van der Waals surface area contributed by atoms with Crippen LogP contribution in [0, 0.1) is 6.92 Å². The Bertz CT molecular complexity index is 371. The Kier molecular flexibility index (Phi) is 5.22. The van der Waals surface area contributed by atoms with Gasteiger partial charge in [0.2, 0.25) is 0 Å². The van der Waals surface area contributed by atoms with Crippen molar-refractivity contribution in [3.8, 4) is 0 Å². The highest BCUT2D eigenvalue weighted by Gasteiger charge is 2.17. The first kappa shape index (κ1) is 13.8. The zero-order valence-electron chi connectivity index (χ0n) is 11.0. The average molecular weight is 239 g/mol. The van der Waals surface area contributed by atoms with Gasteiger partial charge in [0.05, 0.1) is 12.7 Å². The fraction of sp³-hybridized carbons (Fsp3) is 0.615. The number of hydrogen-bond acceptors (Lipinski definition) is 3. The van der Waals surface area contributed by atoms with E-state index in [0.29, 0.717) is 25.5 Å². The molecular formula is C13H21NO3. The fourth-order valence-corrected chi connectivity index (χ4v) is 1.83. The molecule has 0 bridgehead atoms. The Balaban J connectivity index is 2.82. The van der Waals surface area contributed by atoms with Crippen LogP contribution in [0.3, 0.4) is 0 Å². The van der Waals surface area contributed by atoms with E-state index in [-0.39, 0.29) is 12.1 Å². The number of carbonyl (C=O) groups is 1. The molecule has 0 aliphatic heterocycles. The van der Waals surface area contributed by atoms with Gasteiger partial charge in [-0.1, -0.05) is 0 Å². The molecular weight excluding hydrogens is 218 g/mol. The van der Waals surface area contributed by atoms with E-state index in [1.165, 1.54) is 0 Å². The number of ether oxygens (including phenoxy) is 2. The van der Waals surface area contributed by atoms with Crippen molar-refractivity contribution in [2.75, 3.05) is 13.2 Å². The van der Waals surface area contributed by atoms with E-state index in [4.69, 9.17) is 9.47 Å². The number of aryl methyl sites for hydroxylation is 1. The van der Waals surface area contributed by atoms with E-state index >= 15 is 0 Å². The molecule has 1 rings (SSSR count). The minimum atomic E-state index is -0.265. The molecule has 1 heterocycles. The lowest BCUT2D eigenvalue weighted by molar-refractivity contribution is 0.0484. The van der Waals surface area contributed by atoms with Crippen molar-refractivity contribution in [3.05, 3.63) is 23.5 Å². The van der Waals surface area contributed by atoms with Gasteiger partial charge < -0.3 is 14.0 Å². The van der Waals surface area contributed by atoms with Crippen LogP contribution in [0.5, 0.6) is 0 Å². The van der Waals surface area contributed by atoms with Gasteiger partial charge in [-0.05, 0) is 39.3 Å². The number of rotatable bonds is 6. The van der Waals surface area contributed by atoms with E-state index in [0.717, 1.165) is 5.56 Å². The zero-order valence-corrected chi connectivity index (χ0v) is 11.0. The van der Waals surface area contributed by atoms with Gasteiger partial charge in [-0.3, -0.25) is 0 Å². The van der Waals surface area contributed by atoms with Crippen LogP contribution in [0.4, 0.5) is 0 Å². The van der Waals surface area contributed by atoms with E-state index < -0.39 is 0 Å². The van der Waals surface area contributed by atoms with Crippen molar-refractivity contribution in [1.29, 1.82) is 0 Å². The molecule has 0 aromatic carbocycles. The van der Waals surface area contributed by atoms with Gasteiger partial charge >= 0.3 is 5.97 Å². The van der Waals surface area contributed by atoms with Gasteiger partial charge in [0.1, 0.15) is 5.69 Å². The largest absolute Gasteiger partial charge is 0.461 e. The Morgan fingerprint density at radius 1 is 1.41 bits per heavy atom. The highest BCUT2D eigenvalue weighted by atomic mass is 16.5. The van der Waals surface area contributed by atoms with E-state index in [2.05, 4.69) is 0 Å². The summed E-state index contributed by atoms with van der Waals surface area (Å²) in [4.78, 5) is 11.8. The smallest absolute Gasteiger partial charge is 0.355 e. The molecule has 1 aromatic heterocycles. The summed E-state index contributed by atoms with van der Waals surface area (Å²) in [6.07, 6.45) is 1.98. The Labute approximate surface area is 103 Å². The lowest BCUT2D eigenvalue weighted by Crippen LogP contribution is -2.20. The standard InChI is InChI=1S/C13H21NO3/c1-5-16-11(4)9-14-8-7-10(3)12(14)13(15)17-6-2/h7-8,11H,5-6,9H2,1-4H3. The first-order valence-electron chi connectivity index (χ1n) is 6.04. The highest BCUT2D eigenvalue weighted by molar-refractivity contribution is 5.89. The van der Waals surface area contributed by atoms with E-state index in [1.807, 2.05) is 44.5 Å². The summed E-state index contributed by atoms with van der Waals surface area (Å²) in [5.74, 6) is -0.265. The Morgan fingerprint density at radius 2 is 2.12 bits per heavy atom. The van der Waals surface area contributed by atoms with Gasteiger partial charge in [-0.25, -0.2) is 4.79 Å². The van der Waals surface area contributed by atoms with Crippen LogP contribution in [-0.4, -0.2) is 29.9 Å². The minimum absolute atomic E-state index is 0.0833. The summed E-state index contributed by atoms with van der Waals surface area (Å²) >= 11 is 0. The molecule has 1 aromatic rings. The monoisotopic (exact) mass is 239 g/mol. The van der Waals surface area contributed by atoms with Crippen LogP contribution < -0.4 is 0 Å². The normalized spacial score (nSPS) is 12.5. The fourth-order valence-electron chi connectivity index (χ4n) is 1.83. The van der Waals surface area contributed by atoms with Crippen molar-refractivity contribution in [1.82, 2.24) is 4.57 Å². The molecule has 1 unspecified atom stereocenters. The van der Waals surface area contributed by atoms with Crippen molar-refractivity contribution >= 4 is 5.97 Å². The van der Waals surface area contributed by atoms with Crippen LogP contribution in [0.15, 0.2) is 12.3 Å². The van der Waals surface area contributed by atoms with Crippen LogP contribution in [-0.2, 0) is 16.0 Å². The average Bonchev–Trinajstić information content (AvgIpc) is 2.60. The lowest BCUT2D eigenvalue weighted by Gasteiger charge is -2.15. The first-order valence-corrected chi connectivity index (χ1v) is 6.04. The van der Waals surface area contributed by atoms with Crippen molar-refractivity contribution in [2.24, 2.45) is 0 Å². The molecule has 17 heavy (non-hydrogen) atoms. The number of aromatic nitrogens is 1. The molecule has 0 aliphatic carbocycles. The second kappa shape index (κ2) is 6.45. The minimum Gasteiger partial charge on any atom is -0.461 e. The summed E-state index contributed by atoms with van der Waals surface area (Å²) in [5, 5.41) is 0. The number of esters is 1. The van der Waals surface area contributed by atoms with E-state index in [9.17, 15) is 4.79 Å². The van der Waals surface area contributed by atoms with Gasteiger partial charge in [-0.15, -0.1) is 0 Å². The summed E-state index contributed by atoms with van der Waals surface area (Å²) in [6.45, 7) is 9.41. The molecule has 0 amide bonds. The van der Waals surface area contributed by atoms with Gasteiger partial charge in [-0.2, -0.15) is 0 Å². The molecule has 0 radical (unpaired) electrons. The second-order valence-corrected chi connectivity index (χ2v) is 3.99. The molecule has 0 saturated carbocycles. The van der Waals surface area contributed by atoms with Crippen molar-refractivity contribution < 1.29 is 14.3 Å². The summed E-state index contributed by atoms with van der Waals surface area (Å²) in [7, 11) is 0. The molecule has 0 N–H and O–H groups in total. The molecule has 0 saturated heterocycles. The van der Waals surface area contributed by atoms with Gasteiger partial charge in [0, 0.05) is 19.3 Å². The van der Waals surface area contributed by atoms with Crippen LogP contribution in [0.2, 0.25) is 0 Å². The van der Waals surface area contributed by atoms with E-state index in [1.54, 1.807) is 0 Å². The number of nitrogens with zero attached hydrogens (tertiary/aromatic N) is 1. The molecule has 96 valence electrons. The van der Waals surface area contributed by atoms with Gasteiger partial charge in [0.15, 0.2) is 0 Å². The third-order valence-corrected chi connectivity index (χ3v) is 2.54. The van der Waals surface area contributed by atoms with Crippen LogP contribution >= 0.6 is 0 Å². The van der Waals surface area contributed by atoms with Crippen molar-refractivity contribution in [3.63, 3.8) is 0 Å². The molecule has 0 aliphatic rings. The maximum atomic E-state index is 11.8. The first-order chi connectivity index (χ1) is 8.10. The lowest BCUT2D eigenvalue weighted by atomic mass is 10.2. The summed E-state index contributed by atoms with van der Waals surface area (Å²) in [6, 6.07) is 1.92. The van der Waals surface area contributed by atoms with Crippen LogP contribution in [0.1, 0.15) is 36.8 Å². The quantitative estimate of drug-likeness (QED) is 0.716. The summed E-state index contributed by atoms with van der Waals surface area (Å²) < 4.78 is 12.4. The predicted molar refractivity (Wildman–Crippen MR) is 66.2 cm³/mol. The third-order valence-electron chi connectivity index (χ3n) is 2.54. The van der Waals surface area contributed by atoms with Crippen molar-refractivity contribution in [2.45, 2.75) is 40.3 Å². The topological polar surface area (TPSA) is 40.5 Å². The summed E-state index contributed by atoms with van der Waals surface area (Å²) in [5.41, 5.74) is 1.56. The maximum Gasteiger partial charge on any atom is 0.355 e. The predicted octanol–water partition coefficient (Wildman–Crippen LogP) is 2.40. The molecule has 1 atom stereocenters.